The Morgan fingerprint density at radius 2 is 1.88 bits per heavy atom. The van der Waals surface area contributed by atoms with E-state index in [0.29, 0.717) is 23.8 Å². The van der Waals surface area contributed by atoms with E-state index in [1.165, 1.54) is 19.2 Å². The third-order valence-electron chi connectivity index (χ3n) is 7.99. The number of carbonyl (C=O) groups is 4. The fraction of sp³-hybridized carbons (Fsp3) is 0.387. The number of hydrogen-bond acceptors (Lipinski definition) is 16. The Kier molecular flexibility index (Phi) is 12.6. The maximum Gasteiger partial charge on any atom is 0.418 e. The van der Waals surface area contributed by atoms with Gasteiger partial charge in [0.25, 0.3) is 12.4 Å². The maximum atomic E-state index is 13.4. The van der Waals surface area contributed by atoms with Gasteiger partial charge in [0.15, 0.2) is 40.9 Å². The first-order valence-corrected chi connectivity index (χ1v) is 17.6. The number of rotatable bonds is 19. The van der Waals surface area contributed by atoms with Crippen molar-refractivity contribution in [1.29, 1.82) is 0 Å². The van der Waals surface area contributed by atoms with E-state index in [0.717, 1.165) is 28.2 Å². The van der Waals surface area contributed by atoms with Crippen LogP contribution < -0.4 is 26.5 Å². The number of β-lactam (4-membered cyclic amide) rings is 1. The van der Waals surface area contributed by atoms with Crippen LogP contribution >= 0.6 is 11.3 Å². The molecule has 274 valence electrons. The molecule has 0 unspecified atom stereocenters. The number of aryl methyl sites for hydroxylation is 1. The Morgan fingerprint density at radius 3 is 2.45 bits per heavy atom. The molecule has 20 heteroatoms. The summed E-state index contributed by atoms with van der Waals surface area (Å²) in [5.41, 5.74) is 18.0. The van der Waals surface area contributed by atoms with Crippen LogP contribution in [0.2, 0.25) is 0 Å². The average Bonchev–Trinajstić information content (AvgIpc) is 3.51. The molecule has 7 N–H and O–H groups in total. The Bertz CT molecular complexity index is 1900. The quantitative estimate of drug-likeness (QED) is 0.0243. The Morgan fingerprint density at radius 1 is 1.20 bits per heavy atom. The van der Waals surface area contributed by atoms with E-state index in [1.807, 2.05) is 29.9 Å². The van der Waals surface area contributed by atoms with Gasteiger partial charge in [-0.3, -0.25) is 23.7 Å². The molecule has 3 atom stereocenters. The molecule has 1 amide bonds. The van der Waals surface area contributed by atoms with Gasteiger partial charge in [0.05, 0.1) is 23.9 Å². The van der Waals surface area contributed by atoms with E-state index in [4.69, 9.17) is 36.1 Å². The van der Waals surface area contributed by atoms with Crippen molar-refractivity contribution < 1.29 is 55.3 Å². The summed E-state index contributed by atoms with van der Waals surface area (Å²) < 4.78 is 48.1. The molecule has 1 saturated heterocycles. The van der Waals surface area contributed by atoms with Gasteiger partial charge in [-0.15, -0.1) is 15.6 Å². The van der Waals surface area contributed by atoms with E-state index in [1.54, 1.807) is 24.3 Å². The van der Waals surface area contributed by atoms with E-state index < -0.39 is 52.3 Å². The number of ketones is 2. The SMILES string of the molecule is C[n+]1cc(-c2ccc(OC[C@@H](OC=O)O/N=C(\C(=O)C[C@@H]3C(=O)N(OS(=O)(=O)O)C3(C)C)c3csc(N)n3)cc2)ccc1CC(=O)[C@@H](N)CCN. The van der Waals surface area contributed by atoms with Crippen LogP contribution in [0.3, 0.4) is 0 Å². The first kappa shape index (κ1) is 38.9. The molecule has 2 aromatic heterocycles. The third-order valence-corrected chi connectivity index (χ3v) is 9.00. The fourth-order valence-electron chi connectivity index (χ4n) is 5.10. The van der Waals surface area contributed by atoms with Crippen LogP contribution in [0.4, 0.5) is 5.13 Å². The highest BCUT2D eigenvalue weighted by Gasteiger charge is 2.57. The van der Waals surface area contributed by atoms with Crippen molar-refractivity contribution in [1.82, 2.24) is 10.0 Å². The van der Waals surface area contributed by atoms with Crippen LogP contribution in [0.25, 0.3) is 11.1 Å². The van der Waals surface area contributed by atoms with E-state index in [9.17, 15) is 27.6 Å². The molecule has 1 aliphatic heterocycles. The lowest BCUT2D eigenvalue weighted by Gasteiger charge is -2.50. The Balaban J connectivity index is 1.42. The number of Topliss-reactive ketones (excluding diaryl/α,β-unsaturated/α-hetero) is 2. The number of carbonyl (C=O) groups excluding carboxylic acids is 4. The second-order valence-corrected chi connectivity index (χ2v) is 13.8. The number of thiazole rings is 1. The summed E-state index contributed by atoms with van der Waals surface area (Å²) in [6.45, 7) is 2.97. The minimum Gasteiger partial charge on any atom is -0.486 e. The molecule has 1 aliphatic rings. The summed E-state index contributed by atoms with van der Waals surface area (Å²) in [6, 6.07) is 10.1. The van der Waals surface area contributed by atoms with Crippen molar-refractivity contribution in [3.8, 4) is 16.9 Å². The van der Waals surface area contributed by atoms with E-state index >= 15 is 0 Å². The van der Waals surface area contributed by atoms with Gasteiger partial charge in [0.2, 0.25) is 0 Å². The summed E-state index contributed by atoms with van der Waals surface area (Å²) in [7, 11) is -3.15. The predicted octanol–water partition coefficient (Wildman–Crippen LogP) is 0.234. The van der Waals surface area contributed by atoms with Crippen molar-refractivity contribution in [2.24, 2.45) is 29.6 Å². The van der Waals surface area contributed by atoms with Crippen LogP contribution in [0.15, 0.2) is 53.1 Å². The lowest BCUT2D eigenvalue weighted by molar-refractivity contribution is -0.678. The first-order valence-electron chi connectivity index (χ1n) is 15.3. The molecule has 0 saturated carbocycles. The normalized spacial score (nSPS) is 16.9. The third kappa shape index (κ3) is 9.90. The largest absolute Gasteiger partial charge is 0.486 e. The van der Waals surface area contributed by atoms with Crippen molar-refractivity contribution in [3.05, 3.63) is 59.4 Å². The highest BCUT2D eigenvalue weighted by atomic mass is 32.3. The summed E-state index contributed by atoms with van der Waals surface area (Å²) in [4.78, 5) is 59.0. The summed E-state index contributed by atoms with van der Waals surface area (Å²) in [5.74, 6) is -2.37. The topological polar surface area (TPSA) is 270 Å². The highest BCUT2D eigenvalue weighted by Crippen LogP contribution is 2.40. The van der Waals surface area contributed by atoms with Crippen molar-refractivity contribution in [3.63, 3.8) is 0 Å². The molecule has 18 nitrogen and oxygen atoms in total. The van der Waals surface area contributed by atoms with Crippen molar-refractivity contribution >= 4 is 56.5 Å². The fourth-order valence-corrected chi connectivity index (χ4v) is 6.11. The molecule has 0 radical (unpaired) electrons. The number of ether oxygens (including phenoxy) is 2. The van der Waals surface area contributed by atoms with Crippen LogP contribution in [-0.2, 0) is 56.9 Å². The molecule has 1 fully saturated rings. The molecule has 0 aliphatic carbocycles. The smallest absolute Gasteiger partial charge is 0.418 e. The highest BCUT2D eigenvalue weighted by molar-refractivity contribution is 7.80. The molecule has 3 heterocycles. The Hall–Kier alpha value is -4.86. The summed E-state index contributed by atoms with van der Waals surface area (Å²) >= 11 is 1.01. The molecule has 4 rings (SSSR count). The number of anilines is 1. The van der Waals surface area contributed by atoms with Gasteiger partial charge in [0, 0.05) is 23.4 Å². The van der Waals surface area contributed by atoms with Gasteiger partial charge >= 0.3 is 16.7 Å². The van der Waals surface area contributed by atoms with Gasteiger partial charge in [-0.1, -0.05) is 17.3 Å². The van der Waals surface area contributed by atoms with E-state index in [-0.39, 0.29) is 41.8 Å². The minimum atomic E-state index is -4.99. The number of pyridine rings is 1. The molecule has 0 spiro atoms. The summed E-state index contributed by atoms with van der Waals surface area (Å²) in [5, 5.41) is 5.86. The van der Waals surface area contributed by atoms with Crippen LogP contribution in [0, 0.1) is 5.92 Å². The molecular formula is C31H38N7O11S2+. The predicted molar refractivity (Wildman–Crippen MR) is 181 cm³/mol. The van der Waals surface area contributed by atoms with Gasteiger partial charge in [0.1, 0.15) is 18.5 Å². The van der Waals surface area contributed by atoms with Gasteiger partial charge in [-0.2, -0.15) is 13.5 Å². The number of hydroxylamine groups is 2. The zero-order valence-electron chi connectivity index (χ0n) is 27.8. The number of hydrogen-bond donors (Lipinski definition) is 4. The molecule has 1 aromatic carbocycles. The van der Waals surface area contributed by atoms with Crippen LogP contribution in [0.1, 0.15) is 38.1 Å². The number of nitrogen functional groups attached to an aromatic ring is 1. The second kappa shape index (κ2) is 16.4. The number of oxime groups is 1. The van der Waals surface area contributed by atoms with Crippen LogP contribution in [0.5, 0.6) is 5.75 Å². The van der Waals surface area contributed by atoms with Gasteiger partial charge in [-0.25, -0.2) is 9.55 Å². The van der Waals surface area contributed by atoms with Crippen molar-refractivity contribution in [2.45, 2.75) is 51.0 Å². The molecule has 3 aromatic rings. The van der Waals surface area contributed by atoms with Gasteiger partial charge < -0.3 is 31.5 Å². The van der Waals surface area contributed by atoms with E-state index in [2.05, 4.69) is 14.4 Å². The Labute approximate surface area is 297 Å². The maximum absolute atomic E-state index is 13.4. The monoisotopic (exact) mass is 748 g/mol. The number of nitrogens with two attached hydrogens (primary N) is 3. The lowest BCUT2D eigenvalue weighted by Crippen LogP contribution is -2.68. The first-order chi connectivity index (χ1) is 24.0. The van der Waals surface area contributed by atoms with Crippen molar-refractivity contribution in [2.75, 3.05) is 18.9 Å². The minimum absolute atomic E-state index is 0.0164. The number of nitrogens with zero attached hydrogens (tertiary/aromatic N) is 4. The average molecular weight is 749 g/mol. The molecule has 0 bridgehead atoms. The molecular weight excluding hydrogens is 711 g/mol. The van der Waals surface area contributed by atoms with Crippen LogP contribution in [-0.4, -0.2) is 83.7 Å². The standard InChI is InChI=1S/C31H37N7O11S2/c1-31(2)22(29(42)38(31)49-51(43,44)45)13-26(41)28(24-16-50-30(34)35-24)36-48-27(47-17-39)15-46-21-8-5-18(6-9-21)19-4-7-20(37(3)14-19)12-25(40)23(33)10-11-32/h4-9,14,16-17,22-23,27H,10-13,15,32-33H2,1-3H3,(H2-,34,35,43,44,45)/p+1/b36-28-/t22-,23+,27+/m1/s1. The van der Waals surface area contributed by atoms with Gasteiger partial charge in [-0.05, 0) is 50.6 Å². The molecule has 51 heavy (non-hydrogen) atoms. The number of benzene rings is 1. The summed E-state index contributed by atoms with van der Waals surface area (Å²) in [6.07, 6.45) is 0.588. The second-order valence-electron chi connectivity index (χ2n) is 11.9. The lowest BCUT2D eigenvalue weighted by atomic mass is 9.74. The zero-order chi connectivity index (χ0) is 37.5. The number of amides is 1. The number of aromatic nitrogens is 2. The zero-order valence-corrected chi connectivity index (χ0v) is 29.5.